The Morgan fingerprint density at radius 1 is 0.926 bits per heavy atom. The maximum absolute atomic E-state index is 12.6. The minimum Gasteiger partial charge on any atom is -0.492 e. The number of urea groups is 1. The highest BCUT2D eigenvalue weighted by Crippen LogP contribution is 2.17. The molecule has 0 bridgehead atoms. The van der Waals surface area contributed by atoms with Gasteiger partial charge in [0.2, 0.25) is 10.0 Å². The summed E-state index contributed by atoms with van der Waals surface area (Å²) in [7, 11) is -3.51. The van der Waals surface area contributed by atoms with E-state index in [1.165, 1.54) is 4.31 Å². The molecule has 0 aliphatic carbocycles. The summed E-state index contributed by atoms with van der Waals surface area (Å²) in [6.07, 6.45) is 0. The van der Waals surface area contributed by atoms with Gasteiger partial charge in [-0.3, -0.25) is 0 Å². The number of nitrogens with zero attached hydrogens (tertiary/aromatic N) is 2. The van der Waals surface area contributed by atoms with Crippen molar-refractivity contribution in [3.05, 3.63) is 60.7 Å². The molecule has 0 aromatic heterocycles. The van der Waals surface area contributed by atoms with Gasteiger partial charge in [-0.2, -0.15) is 4.31 Å². The average molecular weight is 389 g/mol. The molecule has 3 rings (SSSR count). The number of sulfonamides is 1. The van der Waals surface area contributed by atoms with E-state index in [0.29, 0.717) is 26.2 Å². The first-order valence-corrected chi connectivity index (χ1v) is 10.3. The lowest BCUT2D eigenvalue weighted by Crippen LogP contribution is -2.53. The summed E-state index contributed by atoms with van der Waals surface area (Å²) in [5.74, 6) is 0.756. The smallest absolute Gasteiger partial charge is 0.317 e. The monoisotopic (exact) mass is 389 g/mol. The number of rotatable bonds is 6. The molecule has 1 N–H and O–H groups in total. The van der Waals surface area contributed by atoms with Crippen LogP contribution < -0.4 is 10.1 Å². The summed E-state index contributed by atoms with van der Waals surface area (Å²) in [5.41, 5.74) is 0. The number of carbonyl (C=O) groups is 1. The van der Waals surface area contributed by atoms with E-state index in [2.05, 4.69) is 5.32 Å². The quantitative estimate of drug-likeness (QED) is 0.764. The molecule has 7 nitrogen and oxygen atoms in total. The van der Waals surface area contributed by atoms with Gasteiger partial charge in [-0.1, -0.05) is 36.4 Å². The van der Waals surface area contributed by atoms with Crippen molar-refractivity contribution in [1.29, 1.82) is 0 Å². The van der Waals surface area contributed by atoms with E-state index in [0.717, 1.165) is 5.75 Å². The molecule has 8 heteroatoms. The predicted molar refractivity (Wildman–Crippen MR) is 102 cm³/mol. The van der Waals surface area contributed by atoms with Crippen molar-refractivity contribution in [2.75, 3.05) is 39.3 Å². The van der Waals surface area contributed by atoms with E-state index in [1.807, 2.05) is 30.3 Å². The van der Waals surface area contributed by atoms with Crippen LogP contribution in [0.3, 0.4) is 0 Å². The first-order chi connectivity index (χ1) is 13.1. The number of nitrogens with one attached hydrogen (secondary N) is 1. The van der Waals surface area contributed by atoms with Crippen LogP contribution in [0.2, 0.25) is 0 Å². The Balaban J connectivity index is 1.43. The van der Waals surface area contributed by atoms with Crippen LogP contribution in [0.4, 0.5) is 4.79 Å². The van der Waals surface area contributed by atoms with Crippen molar-refractivity contribution < 1.29 is 17.9 Å². The lowest BCUT2D eigenvalue weighted by molar-refractivity contribution is 0.170. The summed E-state index contributed by atoms with van der Waals surface area (Å²) in [5, 5.41) is 2.80. The van der Waals surface area contributed by atoms with E-state index in [1.54, 1.807) is 35.2 Å². The van der Waals surface area contributed by atoms with Gasteiger partial charge >= 0.3 is 6.03 Å². The lowest BCUT2D eigenvalue weighted by atomic mass is 10.3. The van der Waals surface area contributed by atoms with Crippen LogP contribution in [0.15, 0.2) is 65.6 Å². The number of carbonyl (C=O) groups excluding carboxylic acids is 1. The van der Waals surface area contributed by atoms with Gasteiger partial charge in [-0.25, -0.2) is 13.2 Å². The highest BCUT2D eigenvalue weighted by atomic mass is 32.2. The summed E-state index contributed by atoms with van der Waals surface area (Å²) < 4.78 is 32.2. The zero-order valence-electron chi connectivity index (χ0n) is 15.0. The topological polar surface area (TPSA) is 79.0 Å². The molecule has 2 amide bonds. The molecule has 0 radical (unpaired) electrons. The molecule has 2 aromatic rings. The molecule has 27 heavy (non-hydrogen) atoms. The third kappa shape index (κ3) is 4.99. The van der Waals surface area contributed by atoms with Crippen LogP contribution >= 0.6 is 0 Å². The molecular weight excluding hydrogens is 366 g/mol. The van der Waals surface area contributed by atoms with Crippen LogP contribution in [0.1, 0.15) is 0 Å². The second-order valence-corrected chi connectivity index (χ2v) is 8.04. The van der Waals surface area contributed by atoms with Gasteiger partial charge in [-0.15, -0.1) is 0 Å². The van der Waals surface area contributed by atoms with Crippen molar-refractivity contribution in [1.82, 2.24) is 14.5 Å². The SMILES string of the molecule is O=C(NCCOc1ccccc1)N1CCN(S(=O)(=O)c2ccccc2)CC1. The Bertz CT molecular complexity index is 836. The zero-order chi connectivity index (χ0) is 19.1. The van der Waals surface area contributed by atoms with E-state index >= 15 is 0 Å². The zero-order valence-corrected chi connectivity index (χ0v) is 15.8. The standard InChI is InChI=1S/C19H23N3O4S/c23-19(20-11-16-26-17-7-3-1-4-8-17)21-12-14-22(15-13-21)27(24,25)18-9-5-2-6-10-18/h1-10H,11-16H2,(H,20,23). The number of ether oxygens (including phenoxy) is 1. The normalized spacial score (nSPS) is 15.3. The summed E-state index contributed by atoms with van der Waals surface area (Å²) in [4.78, 5) is 14.1. The van der Waals surface area contributed by atoms with Crippen LogP contribution in [0.5, 0.6) is 5.75 Å². The lowest BCUT2D eigenvalue weighted by Gasteiger charge is -2.34. The van der Waals surface area contributed by atoms with Crippen LogP contribution in [0, 0.1) is 0 Å². The molecule has 0 saturated carbocycles. The Morgan fingerprint density at radius 3 is 2.15 bits per heavy atom. The number of amides is 2. The van der Waals surface area contributed by atoms with Crippen molar-refractivity contribution in [2.45, 2.75) is 4.90 Å². The molecule has 2 aromatic carbocycles. The third-order valence-electron chi connectivity index (χ3n) is 4.30. The predicted octanol–water partition coefficient (Wildman–Crippen LogP) is 1.78. The Labute approximate surface area is 159 Å². The molecule has 0 unspecified atom stereocenters. The molecule has 0 spiro atoms. The molecule has 1 heterocycles. The van der Waals surface area contributed by atoms with Gasteiger partial charge < -0.3 is 15.0 Å². The first-order valence-electron chi connectivity index (χ1n) is 8.83. The largest absolute Gasteiger partial charge is 0.492 e. The fourth-order valence-electron chi connectivity index (χ4n) is 2.83. The number of hydrogen-bond acceptors (Lipinski definition) is 4. The summed E-state index contributed by atoms with van der Waals surface area (Å²) in [6.45, 7) is 2.04. The number of benzene rings is 2. The summed E-state index contributed by atoms with van der Waals surface area (Å²) >= 11 is 0. The van der Waals surface area contributed by atoms with Crippen LogP contribution in [0.25, 0.3) is 0 Å². The van der Waals surface area contributed by atoms with E-state index in [-0.39, 0.29) is 24.0 Å². The van der Waals surface area contributed by atoms with E-state index < -0.39 is 10.0 Å². The second-order valence-electron chi connectivity index (χ2n) is 6.10. The van der Waals surface area contributed by atoms with Crippen molar-refractivity contribution in [3.8, 4) is 5.75 Å². The van der Waals surface area contributed by atoms with Crippen LogP contribution in [-0.2, 0) is 10.0 Å². The van der Waals surface area contributed by atoms with E-state index in [4.69, 9.17) is 4.74 Å². The molecular formula is C19H23N3O4S. The first kappa shape index (κ1) is 19.2. The fraction of sp³-hybridized carbons (Fsp3) is 0.316. The third-order valence-corrected chi connectivity index (χ3v) is 6.21. The average Bonchev–Trinajstić information content (AvgIpc) is 2.72. The molecule has 0 atom stereocenters. The highest BCUT2D eigenvalue weighted by Gasteiger charge is 2.29. The highest BCUT2D eigenvalue weighted by molar-refractivity contribution is 7.89. The van der Waals surface area contributed by atoms with Gasteiger partial charge in [0.15, 0.2) is 0 Å². The Morgan fingerprint density at radius 2 is 1.52 bits per heavy atom. The fourth-order valence-corrected chi connectivity index (χ4v) is 4.27. The van der Waals surface area contributed by atoms with Crippen LogP contribution in [-0.4, -0.2) is 63.0 Å². The Hall–Kier alpha value is -2.58. The number of hydrogen-bond donors (Lipinski definition) is 1. The van der Waals surface area contributed by atoms with Crippen molar-refractivity contribution >= 4 is 16.1 Å². The maximum Gasteiger partial charge on any atom is 0.317 e. The summed E-state index contributed by atoms with van der Waals surface area (Å²) in [6, 6.07) is 17.5. The second kappa shape index (κ2) is 8.88. The number of piperazine rings is 1. The van der Waals surface area contributed by atoms with E-state index in [9.17, 15) is 13.2 Å². The van der Waals surface area contributed by atoms with Crippen molar-refractivity contribution in [3.63, 3.8) is 0 Å². The van der Waals surface area contributed by atoms with Gasteiger partial charge in [0.25, 0.3) is 0 Å². The maximum atomic E-state index is 12.6. The van der Waals surface area contributed by atoms with Gasteiger partial charge in [0.1, 0.15) is 12.4 Å². The van der Waals surface area contributed by atoms with Crippen molar-refractivity contribution in [2.24, 2.45) is 0 Å². The molecule has 1 saturated heterocycles. The minimum absolute atomic E-state index is 0.205. The molecule has 1 aliphatic heterocycles. The molecule has 1 fully saturated rings. The Kier molecular flexibility index (Phi) is 6.31. The number of para-hydroxylation sites is 1. The molecule has 144 valence electrons. The molecule has 1 aliphatic rings. The van der Waals surface area contributed by atoms with Gasteiger partial charge in [0.05, 0.1) is 11.4 Å². The van der Waals surface area contributed by atoms with Gasteiger partial charge in [-0.05, 0) is 24.3 Å². The minimum atomic E-state index is -3.51. The van der Waals surface area contributed by atoms with Gasteiger partial charge in [0, 0.05) is 26.2 Å².